The van der Waals surface area contributed by atoms with Crippen LogP contribution in [-0.2, 0) is 6.42 Å². The molecule has 1 fully saturated rings. The van der Waals surface area contributed by atoms with E-state index in [4.69, 9.17) is 15.7 Å². The molecule has 1 aliphatic heterocycles. The predicted octanol–water partition coefficient (Wildman–Crippen LogP) is 2.54. The number of carbonyl (C=O) groups is 1. The summed E-state index contributed by atoms with van der Waals surface area (Å²) >= 11 is 0. The van der Waals surface area contributed by atoms with Gasteiger partial charge in [-0.25, -0.2) is 9.97 Å². The van der Waals surface area contributed by atoms with Crippen LogP contribution in [0.25, 0.3) is 22.3 Å². The van der Waals surface area contributed by atoms with E-state index in [0.717, 1.165) is 64.3 Å². The number of nitrogens with two attached hydrogens (primary N) is 1. The third kappa shape index (κ3) is 3.10. The van der Waals surface area contributed by atoms with Crippen LogP contribution in [0.15, 0.2) is 24.3 Å². The molecule has 3 aromatic rings. The number of anilines is 1. The quantitative estimate of drug-likeness (QED) is 0.542. The van der Waals surface area contributed by atoms with Crippen molar-refractivity contribution in [2.45, 2.75) is 38.3 Å². The fraction of sp³-hybridized carbons (Fsp3) is 0.350. The van der Waals surface area contributed by atoms with E-state index in [0.29, 0.717) is 12.6 Å². The zero-order valence-electron chi connectivity index (χ0n) is 15.6. The summed E-state index contributed by atoms with van der Waals surface area (Å²) in [7, 11) is 0. The highest BCUT2D eigenvalue weighted by atomic mass is 35.5. The second-order valence-corrected chi connectivity index (χ2v) is 7.48. The first-order chi connectivity index (χ1) is 13.1. The smallest absolute Gasteiger partial charge is 0.253 e. The van der Waals surface area contributed by atoms with Crippen LogP contribution in [0, 0.1) is 6.92 Å². The minimum Gasteiger partial charge on any atom is -0.366 e. The normalized spacial score (nSPS) is 20.7. The van der Waals surface area contributed by atoms with Crippen molar-refractivity contribution in [2.75, 3.05) is 11.9 Å². The summed E-state index contributed by atoms with van der Waals surface area (Å²) < 4.78 is 0. The number of halogens is 1. The molecule has 28 heavy (non-hydrogen) atoms. The molecular formula is C20H23ClN6O. The van der Waals surface area contributed by atoms with Gasteiger partial charge < -0.3 is 21.4 Å². The number of carbonyl (C=O) groups excluding carboxylic acids is 1. The van der Waals surface area contributed by atoms with Gasteiger partial charge in [0.25, 0.3) is 5.91 Å². The van der Waals surface area contributed by atoms with Gasteiger partial charge in [0, 0.05) is 42.0 Å². The molecule has 8 heteroatoms. The van der Waals surface area contributed by atoms with Crippen LogP contribution in [0.3, 0.4) is 0 Å². The first-order valence-electron chi connectivity index (χ1n) is 9.38. The molecule has 0 unspecified atom stereocenters. The number of H-pyrrole nitrogens is 1. The van der Waals surface area contributed by atoms with Crippen LogP contribution in [0.2, 0.25) is 0 Å². The highest BCUT2D eigenvalue weighted by Crippen LogP contribution is 2.31. The number of rotatable bonds is 3. The van der Waals surface area contributed by atoms with E-state index in [1.54, 1.807) is 0 Å². The Kier molecular flexibility index (Phi) is 4.72. The minimum absolute atomic E-state index is 0. The van der Waals surface area contributed by atoms with E-state index in [1.165, 1.54) is 0 Å². The van der Waals surface area contributed by atoms with Crippen molar-refractivity contribution >= 4 is 35.2 Å². The molecule has 0 atom stereocenters. The number of aromatic nitrogens is 3. The van der Waals surface area contributed by atoms with E-state index >= 15 is 0 Å². The third-order valence-corrected chi connectivity index (χ3v) is 5.48. The third-order valence-electron chi connectivity index (χ3n) is 5.48. The highest BCUT2D eigenvalue weighted by molar-refractivity contribution is 5.99. The SMILES string of the molecule is Cc1nc2cccc(-c3cc4c([nH]3)CCNC4=O)c2nc1N[C@H]1C[C@H](N)C1.Cl. The average Bonchev–Trinajstić information content (AvgIpc) is 3.06. The first kappa shape index (κ1) is 18.7. The van der Waals surface area contributed by atoms with Gasteiger partial charge in [-0.05, 0) is 31.9 Å². The van der Waals surface area contributed by atoms with Gasteiger partial charge in [0.15, 0.2) is 0 Å². The summed E-state index contributed by atoms with van der Waals surface area (Å²) in [5.74, 6) is 0.783. The van der Waals surface area contributed by atoms with Crippen molar-refractivity contribution in [2.24, 2.45) is 5.73 Å². The van der Waals surface area contributed by atoms with Gasteiger partial charge in [0.1, 0.15) is 11.3 Å². The second kappa shape index (κ2) is 7.07. The number of fused-ring (bicyclic) bond motifs is 2. The molecule has 7 nitrogen and oxygen atoms in total. The van der Waals surface area contributed by atoms with Crippen molar-refractivity contribution in [3.05, 3.63) is 41.2 Å². The van der Waals surface area contributed by atoms with Gasteiger partial charge in [-0.15, -0.1) is 12.4 Å². The predicted molar refractivity (Wildman–Crippen MR) is 112 cm³/mol. The zero-order chi connectivity index (χ0) is 18.5. The maximum Gasteiger partial charge on any atom is 0.253 e. The number of hydrogen-bond acceptors (Lipinski definition) is 5. The maximum absolute atomic E-state index is 12.1. The molecule has 1 aliphatic carbocycles. The largest absolute Gasteiger partial charge is 0.366 e. The molecule has 1 amide bonds. The lowest BCUT2D eigenvalue weighted by molar-refractivity contribution is 0.0946. The molecule has 5 N–H and O–H groups in total. The average molecular weight is 399 g/mol. The number of benzene rings is 1. The molecule has 2 aromatic heterocycles. The molecule has 5 rings (SSSR count). The Morgan fingerprint density at radius 1 is 1.21 bits per heavy atom. The number of aromatic amines is 1. The molecule has 3 heterocycles. The van der Waals surface area contributed by atoms with Gasteiger partial charge in [-0.2, -0.15) is 0 Å². The number of aryl methyl sites for hydroxylation is 1. The van der Waals surface area contributed by atoms with Crippen LogP contribution >= 0.6 is 12.4 Å². The summed E-state index contributed by atoms with van der Waals surface area (Å²) in [5, 5.41) is 6.36. The Morgan fingerprint density at radius 2 is 2.04 bits per heavy atom. The molecule has 0 radical (unpaired) electrons. The van der Waals surface area contributed by atoms with Crippen molar-refractivity contribution in [3.63, 3.8) is 0 Å². The highest BCUT2D eigenvalue weighted by Gasteiger charge is 2.27. The minimum atomic E-state index is -0.0235. The van der Waals surface area contributed by atoms with E-state index in [9.17, 15) is 4.79 Å². The number of nitrogens with zero attached hydrogens (tertiary/aromatic N) is 2. The van der Waals surface area contributed by atoms with Crippen LogP contribution in [0.4, 0.5) is 5.82 Å². The summed E-state index contributed by atoms with van der Waals surface area (Å²) in [5.41, 5.74) is 12.0. The Balaban J connectivity index is 0.00000192. The topological polar surface area (TPSA) is 109 Å². The summed E-state index contributed by atoms with van der Waals surface area (Å²) in [6, 6.07) is 8.52. The fourth-order valence-electron chi connectivity index (χ4n) is 3.93. The molecule has 1 aromatic carbocycles. The monoisotopic (exact) mass is 398 g/mol. The van der Waals surface area contributed by atoms with Crippen LogP contribution in [-0.4, -0.2) is 39.5 Å². The standard InChI is InChI=1S/C20H22N6O.ClH/c1-10-19(24-12-7-11(21)8-12)26-18-13(3-2-4-16(18)23-10)17-9-14-15(25-17)5-6-22-20(14)27;/h2-4,9,11-12,25H,5-8,21H2,1H3,(H,22,27)(H,24,26);1H/t11-,12-;. The summed E-state index contributed by atoms with van der Waals surface area (Å²) in [6.07, 6.45) is 2.73. The number of nitrogens with one attached hydrogen (secondary N) is 3. The lowest BCUT2D eigenvalue weighted by Gasteiger charge is -2.33. The Bertz CT molecular complexity index is 1060. The fourth-order valence-corrected chi connectivity index (χ4v) is 3.93. The Morgan fingerprint density at radius 3 is 2.79 bits per heavy atom. The number of amides is 1. The summed E-state index contributed by atoms with van der Waals surface area (Å²) in [4.78, 5) is 25.1. The molecule has 0 bridgehead atoms. The Hall–Kier alpha value is -2.64. The second-order valence-electron chi connectivity index (χ2n) is 7.48. The van der Waals surface area contributed by atoms with Crippen molar-refractivity contribution < 1.29 is 4.79 Å². The first-order valence-corrected chi connectivity index (χ1v) is 9.38. The molecule has 146 valence electrons. The van der Waals surface area contributed by atoms with E-state index in [-0.39, 0.29) is 24.4 Å². The van der Waals surface area contributed by atoms with E-state index < -0.39 is 0 Å². The number of para-hydroxylation sites is 1. The Labute approximate surface area is 168 Å². The lowest BCUT2D eigenvalue weighted by Crippen LogP contribution is -2.44. The van der Waals surface area contributed by atoms with Gasteiger partial charge in [-0.3, -0.25) is 4.79 Å². The van der Waals surface area contributed by atoms with Crippen molar-refractivity contribution in [3.8, 4) is 11.3 Å². The summed E-state index contributed by atoms with van der Waals surface area (Å²) in [6.45, 7) is 2.63. The van der Waals surface area contributed by atoms with E-state index in [2.05, 4.69) is 15.6 Å². The molecule has 0 spiro atoms. The van der Waals surface area contributed by atoms with Gasteiger partial charge in [0.2, 0.25) is 0 Å². The van der Waals surface area contributed by atoms with Gasteiger partial charge in [-0.1, -0.05) is 12.1 Å². The van der Waals surface area contributed by atoms with Crippen molar-refractivity contribution in [1.82, 2.24) is 20.3 Å². The lowest BCUT2D eigenvalue weighted by atomic mass is 9.87. The zero-order valence-corrected chi connectivity index (χ0v) is 16.4. The maximum atomic E-state index is 12.1. The molecule has 2 aliphatic rings. The molecule has 0 saturated heterocycles. The van der Waals surface area contributed by atoms with Crippen LogP contribution in [0.5, 0.6) is 0 Å². The molecule has 1 saturated carbocycles. The van der Waals surface area contributed by atoms with Crippen LogP contribution in [0.1, 0.15) is 34.6 Å². The van der Waals surface area contributed by atoms with Gasteiger partial charge in [0.05, 0.1) is 16.8 Å². The molecular weight excluding hydrogens is 376 g/mol. The number of hydrogen-bond donors (Lipinski definition) is 4. The van der Waals surface area contributed by atoms with Crippen LogP contribution < -0.4 is 16.4 Å². The van der Waals surface area contributed by atoms with Gasteiger partial charge >= 0.3 is 0 Å². The van der Waals surface area contributed by atoms with Crippen molar-refractivity contribution in [1.29, 1.82) is 0 Å². The van der Waals surface area contributed by atoms with E-state index in [1.807, 2.05) is 31.2 Å².